The van der Waals surface area contributed by atoms with Gasteiger partial charge in [-0.2, -0.15) is 14.6 Å². The van der Waals surface area contributed by atoms with E-state index in [2.05, 4.69) is 0 Å². The molecule has 3 fully saturated rings. The fourth-order valence-corrected chi connectivity index (χ4v) is 6.23. The summed E-state index contributed by atoms with van der Waals surface area (Å²) in [5, 5.41) is 8.13. The van der Waals surface area contributed by atoms with E-state index < -0.39 is 27.3 Å². The van der Waals surface area contributed by atoms with Crippen LogP contribution in [0.5, 0.6) is 0 Å². The molecule has 130 valence electrons. The molecule has 25 heavy (non-hydrogen) atoms. The number of piperazine rings is 1. The zero-order chi connectivity index (χ0) is 18.1. The van der Waals surface area contributed by atoms with Gasteiger partial charge in [-0.25, -0.2) is 18.1 Å². The number of quaternary nitrogens is 1. The Kier molecular flexibility index (Phi) is 3.53. The number of nitriles is 1. The van der Waals surface area contributed by atoms with E-state index in [4.69, 9.17) is 5.26 Å². The number of halogens is 1. The van der Waals surface area contributed by atoms with E-state index in [1.807, 2.05) is 33.6 Å². The third-order valence-electron chi connectivity index (χ3n) is 5.23. The van der Waals surface area contributed by atoms with E-state index in [1.165, 1.54) is 0 Å². The topological polar surface area (TPSA) is 98.6 Å². The second-order valence-corrected chi connectivity index (χ2v) is 10.0. The summed E-state index contributed by atoms with van der Waals surface area (Å²) in [5.74, 6) is -0.374. The molecule has 0 aromatic heterocycles. The number of rotatable bonds is 2. The number of benzene rings is 1. The molecule has 4 rings (SSSR count). The van der Waals surface area contributed by atoms with Gasteiger partial charge in [-0.05, 0) is 40.8 Å². The van der Waals surface area contributed by atoms with E-state index in [1.54, 1.807) is 18.2 Å². The van der Waals surface area contributed by atoms with Gasteiger partial charge < -0.3 is 0 Å². The molecule has 1 spiro atoms. The molecule has 3 aliphatic rings. The summed E-state index contributed by atoms with van der Waals surface area (Å²) in [4.78, 5) is 29.1. The van der Waals surface area contributed by atoms with Gasteiger partial charge in [-0.15, -0.1) is 0 Å². The van der Waals surface area contributed by atoms with Gasteiger partial charge in [0.25, 0.3) is 5.91 Å². The first-order valence-electron chi connectivity index (χ1n) is 7.57. The number of hydrogen-bond acceptors (Lipinski definition) is 6. The van der Waals surface area contributed by atoms with Gasteiger partial charge in [0.2, 0.25) is 15.2 Å². The molecule has 0 saturated carbocycles. The molecule has 2 bridgehead atoms. The van der Waals surface area contributed by atoms with Crippen LogP contribution in [0.2, 0.25) is 0 Å². The van der Waals surface area contributed by atoms with Gasteiger partial charge in [0.15, 0.2) is 6.04 Å². The summed E-state index contributed by atoms with van der Waals surface area (Å²) in [6.45, 7) is 0.907. The number of sulfone groups is 1. The van der Waals surface area contributed by atoms with E-state index >= 15 is 0 Å². The molecule has 0 N–H and O–H groups in total. The van der Waals surface area contributed by atoms with Crippen LogP contribution in [-0.2, 0) is 14.6 Å². The molecule has 3 saturated heterocycles. The van der Waals surface area contributed by atoms with Crippen molar-refractivity contribution in [1.82, 2.24) is 4.90 Å². The fraction of sp³-hybridized carbons (Fsp3) is 0.400. The molecule has 0 aliphatic carbocycles. The van der Waals surface area contributed by atoms with Crippen LogP contribution in [0.25, 0.3) is 0 Å². The number of carbonyl (C=O) groups excluding carboxylic acids is 2. The fourth-order valence-electron chi connectivity index (χ4n) is 4.14. The second kappa shape index (κ2) is 5.23. The Balaban J connectivity index is 1.82. The predicted molar refractivity (Wildman–Crippen MR) is 95.9 cm³/mol. The smallest absolute Gasteiger partial charge is 0.267 e. The molecular weight excluding hydrogens is 459 g/mol. The predicted octanol–water partition coefficient (Wildman–Crippen LogP) is 0.472. The highest BCUT2D eigenvalue weighted by Crippen LogP contribution is 2.44. The Morgan fingerprint density at radius 1 is 1.32 bits per heavy atom. The maximum atomic E-state index is 13.2. The Hall–Kier alpha value is -1.55. The Bertz CT molecular complexity index is 972. The van der Waals surface area contributed by atoms with E-state index in [-0.39, 0.29) is 23.6 Å². The van der Waals surface area contributed by atoms with Crippen molar-refractivity contribution in [3.05, 3.63) is 27.3 Å². The zero-order valence-corrected chi connectivity index (χ0v) is 16.2. The van der Waals surface area contributed by atoms with Crippen LogP contribution in [0.15, 0.2) is 18.2 Å². The van der Waals surface area contributed by atoms with E-state index in [0.717, 1.165) is 11.2 Å². The first-order valence-corrected chi connectivity index (χ1v) is 10.6. The van der Waals surface area contributed by atoms with E-state index in [9.17, 15) is 18.0 Å². The molecular formula is C15H14IN4O4S+. The molecule has 0 radical (unpaired) electrons. The average molecular weight is 473 g/mol. The zero-order valence-electron chi connectivity index (χ0n) is 13.2. The van der Waals surface area contributed by atoms with Crippen LogP contribution >= 0.6 is 22.6 Å². The van der Waals surface area contributed by atoms with Crippen molar-refractivity contribution in [3.63, 3.8) is 0 Å². The average Bonchev–Trinajstić information content (AvgIpc) is 3.16. The normalized spacial score (nSPS) is 33.6. The number of hydrogen-bond donors (Lipinski definition) is 0. The van der Waals surface area contributed by atoms with Crippen LogP contribution in [0.3, 0.4) is 0 Å². The highest BCUT2D eigenvalue weighted by Gasteiger charge is 2.74. The lowest BCUT2D eigenvalue weighted by atomic mass is 10.2. The van der Waals surface area contributed by atoms with E-state index in [0.29, 0.717) is 21.4 Å². The quantitative estimate of drug-likeness (QED) is 0.352. The first kappa shape index (κ1) is 16.9. The summed E-state index contributed by atoms with van der Waals surface area (Å²) < 4.78 is 24.7. The van der Waals surface area contributed by atoms with Crippen molar-refractivity contribution in [3.8, 4) is 6.07 Å². The molecule has 3 aliphatic heterocycles. The maximum Gasteiger partial charge on any atom is 0.433 e. The standard InChI is InChI=1S/C15H14IN4O4S/c1-25(23,24)13-7-18-6-12-14(21)19(15(22)20(12,13)8-18)10-3-2-9(5-17)11(16)4-10/h2-4,12-13H,6-8H2,1H3/q+1. The Morgan fingerprint density at radius 2 is 2.04 bits per heavy atom. The van der Waals surface area contributed by atoms with Gasteiger partial charge in [-0.3, -0.25) is 4.79 Å². The molecule has 10 heteroatoms. The van der Waals surface area contributed by atoms with Crippen molar-refractivity contribution in [2.24, 2.45) is 0 Å². The number of carbonyl (C=O) groups is 2. The van der Waals surface area contributed by atoms with Crippen molar-refractivity contribution < 1.29 is 22.5 Å². The van der Waals surface area contributed by atoms with Crippen molar-refractivity contribution in [2.45, 2.75) is 11.4 Å². The number of amides is 3. The monoisotopic (exact) mass is 473 g/mol. The largest absolute Gasteiger partial charge is 0.433 e. The molecule has 4 atom stereocenters. The number of nitrogens with zero attached hydrogens (tertiary/aromatic N) is 4. The molecule has 1 aromatic carbocycles. The third-order valence-corrected chi connectivity index (χ3v) is 7.63. The van der Waals surface area contributed by atoms with Crippen LogP contribution in [0.4, 0.5) is 10.5 Å². The van der Waals surface area contributed by atoms with Crippen LogP contribution < -0.4 is 4.90 Å². The highest BCUT2D eigenvalue weighted by atomic mass is 127. The number of fused-ring (bicyclic) bond motifs is 1. The minimum absolute atomic E-state index is 0.247. The molecule has 4 unspecified atom stereocenters. The van der Waals surface area contributed by atoms with Gasteiger partial charge in [0.05, 0.1) is 24.3 Å². The Morgan fingerprint density at radius 3 is 2.64 bits per heavy atom. The second-order valence-electron chi connectivity index (χ2n) is 6.64. The van der Waals surface area contributed by atoms with Gasteiger partial charge in [0.1, 0.15) is 12.7 Å². The van der Waals surface area contributed by atoms with Crippen molar-refractivity contribution in [2.75, 3.05) is 30.9 Å². The lowest BCUT2D eigenvalue weighted by Crippen LogP contribution is -2.62. The lowest BCUT2D eigenvalue weighted by molar-refractivity contribution is -0.848. The van der Waals surface area contributed by atoms with Gasteiger partial charge >= 0.3 is 6.03 Å². The minimum atomic E-state index is -3.49. The summed E-state index contributed by atoms with van der Waals surface area (Å²) >= 11 is 1.98. The van der Waals surface area contributed by atoms with Gasteiger partial charge in [0, 0.05) is 9.83 Å². The van der Waals surface area contributed by atoms with Crippen molar-refractivity contribution in [1.29, 1.82) is 5.26 Å². The van der Waals surface area contributed by atoms with Crippen LogP contribution in [0, 0.1) is 14.9 Å². The highest BCUT2D eigenvalue weighted by molar-refractivity contribution is 14.1. The summed E-state index contributed by atoms with van der Waals surface area (Å²) in [6, 6.07) is 5.59. The summed E-state index contributed by atoms with van der Waals surface area (Å²) in [7, 11) is -3.49. The minimum Gasteiger partial charge on any atom is -0.267 e. The lowest BCUT2D eigenvalue weighted by Gasteiger charge is -2.32. The molecule has 3 heterocycles. The molecule has 8 nitrogen and oxygen atoms in total. The maximum absolute atomic E-state index is 13.2. The summed E-state index contributed by atoms with van der Waals surface area (Å²) in [6.07, 6.45) is 1.12. The van der Waals surface area contributed by atoms with Crippen LogP contribution in [0.1, 0.15) is 5.56 Å². The number of imide groups is 1. The molecule has 3 amide bonds. The Labute approximate surface area is 158 Å². The first-order chi connectivity index (χ1) is 11.7. The number of urea groups is 1. The molecule has 1 aromatic rings. The van der Waals surface area contributed by atoms with Gasteiger partial charge in [-0.1, -0.05) is 0 Å². The number of anilines is 1. The van der Waals surface area contributed by atoms with Crippen LogP contribution in [-0.4, -0.2) is 67.2 Å². The van der Waals surface area contributed by atoms with Crippen molar-refractivity contribution >= 4 is 50.1 Å². The SMILES string of the molecule is CS(=O)(=O)C1CN2CC3C(=O)N(c4ccc(C#N)c(I)c4)C(=O)[N+]31C2. The third kappa shape index (κ3) is 2.13. The summed E-state index contributed by atoms with van der Waals surface area (Å²) in [5.41, 5.74) is 0.836.